The lowest BCUT2D eigenvalue weighted by Crippen LogP contribution is -2.25. The molecule has 0 saturated carbocycles. The van der Waals surface area contributed by atoms with Gasteiger partial charge < -0.3 is 15.9 Å². The molecule has 1 aromatic heterocycles. The van der Waals surface area contributed by atoms with Gasteiger partial charge in [0.2, 0.25) is 0 Å². The van der Waals surface area contributed by atoms with E-state index in [0.29, 0.717) is 5.56 Å². The minimum Gasteiger partial charge on any atom is -0.477 e. The first-order valence-corrected chi connectivity index (χ1v) is 4.16. The largest absolute Gasteiger partial charge is 0.477 e. The van der Waals surface area contributed by atoms with Crippen molar-refractivity contribution in [3.8, 4) is 0 Å². The zero-order valence-electron chi connectivity index (χ0n) is 7.71. The van der Waals surface area contributed by atoms with Crippen molar-refractivity contribution in [2.75, 3.05) is 0 Å². The van der Waals surface area contributed by atoms with E-state index in [1.807, 2.05) is 0 Å². The van der Waals surface area contributed by atoms with Gasteiger partial charge in [0.25, 0.3) is 0 Å². The molecule has 0 aliphatic heterocycles. The molecule has 1 rings (SSSR count). The number of aromatic nitrogens is 1. The van der Waals surface area contributed by atoms with Crippen LogP contribution >= 0.6 is 0 Å². The number of pyridine rings is 1. The molecule has 76 valence electrons. The molecule has 0 saturated heterocycles. The molecule has 2 atom stereocenters. The number of hydrogen-bond donors (Lipinski definition) is 3. The summed E-state index contributed by atoms with van der Waals surface area (Å²) in [7, 11) is 0. The molecule has 0 unspecified atom stereocenters. The SMILES string of the molecule is C[C@@H](O)[C@H](N)c1cccnc1C(=O)O. The number of nitrogens with two attached hydrogens (primary N) is 1. The predicted octanol–water partition coefficient (Wildman–Crippen LogP) is 0.160. The van der Waals surface area contributed by atoms with Gasteiger partial charge in [0.1, 0.15) is 0 Å². The van der Waals surface area contributed by atoms with Gasteiger partial charge in [0.15, 0.2) is 5.69 Å². The Morgan fingerprint density at radius 3 is 2.79 bits per heavy atom. The Labute approximate surface area is 81.2 Å². The first-order valence-electron chi connectivity index (χ1n) is 4.16. The van der Waals surface area contributed by atoms with Crippen LogP contribution in [0.5, 0.6) is 0 Å². The third-order valence-corrected chi connectivity index (χ3v) is 1.92. The lowest BCUT2D eigenvalue weighted by Gasteiger charge is -2.16. The summed E-state index contributed by atoms with van der Waals surface area (Å²) >= 11 is 0. The molecule has 0 radical (unpaired) electrons. The Kier molecular flexibility index (Phi) is 3.16. The summed E-state index contributed by atoms with van der Waals surface area (Å²) in [5.74, 6) is -1.14. The van der Waals surface area contributed by atoms with E-state index >= 15 is 0 Å². The number of aliphatic hydroxyl groups excluding tert-OH is 1. The van der Waals surface area contributed by atoms with Crippen LogP contribution in [0.25, 0.3) is 0 Å². The molecule has 0 bridgehead atoms. The van der Waals surface area contributed by atoms with E-state index in [1.165, 1.54) is 13.1 Å². The first-order chi connectivity index (χ1) is 6.54. The Hall–Kier alpha value is -1.46. The van der Waals surface area contributed by atoms with E-state index in [-0.39, 0.29) is 5.69 Å². The highest BCUT2D eigenvalue weighted by Crippen LogP contribution is 2.16. The fourth-order valence-corrected chi connectivity index (χ4v) is 1.13. The zero-order chi connectivity index (χ0) is 10.7. The lowest BCUT2D eigenvalue weighted by molar-refractivity contribution is 0.0686. The number of carbonyl (C=O) groups is 1. The zero-order valence-corrected chi connectivity index (χ0v) is 7.71. The summed E-state index contributed by atoms with van der Waals surface area (Å²) in [5.41, 5.74) is 5.86. The van der Waals surface area contributed by atoms with Crippen LogP contribution in [0.15, 0.2) is 18.3 Å². The van der Waals surface area contributed by atoms with Gasteiger partial charge in [-0.15, -0.1) is 0 Å². The van der Waals surface area contributed by atoms with Crippen molar-refractivity contribution in [2.24, 2.45) is 5.73 Å². The summed E-state index contributed by atoms with van der Waals surface area (Å²) in [4.78, 5) is 14.4. The molecule has 5 nitrogen and oxygen atoms in total. The van der Waals surface area contributed by atoms with Crippen molar-refractivity contribution in [3.05, 3.63) is 29.6 Å². The quantitative estimate of drug-likeness (QED) is 0.639. The molecule has 0 aromatic carbocycles. The highest BCUT2D eigenvalue weighted by molar-refractivity contribution is 5.87. The Morgan fingerprint density at radius 2 is 2.29 bits per heavy atom. The lowest BCUT2D eigenvalue weighted by atomic mass is 10.0. The first kappa shape index (κ1) is 10.6. The predicted molar refractivity (Wildman–Crippen MR) is 49.8 cm³/mol. The molecule has 4 N–H and O–H groups in total. The second kappa shape index (κ2) is 4.17. The number of hydrogen-bond acceptors (Lipinski definition) is 4. The van der Waals surface area contributed by atoms with E-state index in [9.17, 15) is 9.90 Å². The fraction of sp³-hybridized carbons (Fsp3) is 0.333. The third kappa shape index (κ3) is 2.07. The van der Waals surface area contributed by atoms with Crippen LogP contribution in [0.4, 0.5) is 0 Å². The summed E-state index contributed by atoms with van der Waals surface area (Å²) in [6, 6.07) is 2.41. The second-order valence-corrected chi connectivity index (χ2v) is 3.01. The van der Waals surface area contributed by atoms with Crippen molar-refractivity contribution in [3.63, 3.8) is 0 Å². The van der Waals surface area contributed by atoms with Crippen LogP contribution < -0.4 is 5.73 Å². The molecule has 0 spiro atoms. The van der Waals surface area contributed by atoms with Gasteiger partial charge in [0, 0.05) is 11.8 Å². The van der Waals surface area contributed by atoms with Crippen LogP contribution in [0.3, 0.4) is 0 Å². The summed E-state index contributed by atoms with van der Waals surface area (Å²) in [5, 5.41) is 18.0. The maximum Gasteiger partial charge on any atom is 0.354 e. The van der Waals surface area contributed by atoms with E-state index < -0.39 is 18.1 Å². The summed E-state index contributed by atoms with van der Waals surface area (Å²) < 4.78 is 0. The third-order valence-electron chi connectivity index (χ3n) is 1.92. The number of aromatic carboxylic acids is 1. The van der Waals surface area contributed by atoms with Crippen LogP contribution in [-0.2, 0) is 0 Å². The fourth-order valence-electron chi connectivity index (χ4n) is 1.13. The standard InChI is InChI=1S/C9H12N2O3/c1-5(12)7(10)6-3-2-4-11-8(6)9(13)14/h2-5,7,12H,10H2,1H3,(H,13,14)/t5-,7+/m1/s1. The number of carboxylic acid groups (broad SMARTS) is 1. The van der Waals surface area contributed by atoms with E-state index in [0.717, 1.165) is 0 Å². The van der Waals surface area contributed by atoms with Gasteiger partial charge in [-0.05, 0) is 13.0 Å². The molecule has 1 heterocycles. The number of rotatable bonds is 3. The van der Waals surface area contributed by atoms with Gasteiger partial charge in [-0.2, -0.15) is 0 Å². The van der Waals surface area contributed by atoms with Gasteiger partial charge in [-0.3, -0.25) is 0 Å². The number of nitrogens with zero attached hydrogens (tertiary/aromatic N) is 1. The van der Waals surface area contributed by atoms with Gasteiger partial charge in [-0.25, -0.2) is 9.78 Å². The van der Waals surface area contributed by atoms with E-state index in [2.05, 4.69) is 4.98 Å². The van der Waals surface area contributed by atoms with Crippen molar-refractivity contribution in [1.29, 1.82) is 0 Å². The number of carboxylic acids is 1. The highest BCUT2D eigenvalue weighted by Gasteiger charge is 2.19. The Bertz CT molecular complexity index is 339. The molecule has 0 fully saturated rings. The smallest absolute Gasteiger partial charge is 0.354 e. The Balaban J connectivity index is 3.13. The van der Waals surface area contributed by atoms with E-state index in [1.54, 1.807) is 12.1 Å². The molecule has 0 amide bonds. The molecular formula is C9H12N2O3. The normalized spacial score (nSPS) is 14.8. The monoisotopic (exact) mass is 196 g/mol. The maximum atomic E-state index is 10.7. The van der Waals surface area contributed by atoms with Crippen LogP contribution in [0.2, 0.25) is 0 Å². The summed E-state index contributed by atoms with van der Waals surface area (Å²) in [6.07, 6.45) is 0.569. The summed E-state index contributed by atoms with van der Waals surface area (Å²) in [6.45, 7) is 1.50. The maximum absolute atomic E-state index is 10.7. The van der Waals surface area contributed by atoms with Gasteiger partial charge >= 0.3 is 5.97 Å². The number of aliphatic hydroxyl groups is 1. The average Bonchev–Trinajstić information content (AvgIpc) is 2.16. The molecular weight excluding hydrogens is 184 g/mol. The molecule has 5 heteroatoms. The second-order valence-electron chi connectivity index (χ2n) is 3.01. The van der Waals surface area contributed by atoms with Crippen molar-refractivity contribution < 1.29 is 15.0 Å². The minimum atomic E-state index is -1.14. The van der Waals surface area contributed by atoms with Crippen LogP contribution in [0.1, 0.15) is 29.0 Å². The average molecular weight is 196 g/mol. The molecule has 1 aromatic rings. The minimum absolute atomic E-state index is 0.110. The van der Waals surface area contributed by atoms with E-state index in [4.69, 9.17) is 10.8 Å². The highest BCUT2D eigenvalue weighted by atomic mass is 16.4. The Morgan fingerprint density at radius 1 is 1.64 bits per heavy atom. The van der Waals surface area contributed by atoms with Crippen molar-refractivity contribution >= 4 is 5.97 Å². The van der Waals surface area contributed by atoms with Crippen molar-refractivity contribution in [1.82, 2.24) is 4.98 Å². The van der Waals surface area contributed by atoms with Gasteiger partial charge in [0.05, 0.1) is 12.1 Å². The molecule has 0 aliphatic rings. The topological polar surface area (TPSA) is 96.4 Å². The van der Waals surface area contributed by atoms with Gasteiger partial charge in [-0.1, -0.05) is 6.07 Å². The van der Waals surface area contributed by atoms with Crippen LogP contribution in [0, 0.1) is 0 Å². The van der Waals surface area contributed by atoms with Crippen molar-refractivity contribution in [2.45, 2.75) is 19.1 Å². The molecule has 0 aliphatic carbocycles. The van der Waals surface area contributed by atoms with Crippen LogP contribution in [-0.4, -0.2) is 27.3 Å². The molecule has 14 heavy (non-hydrogen) atoms.